The van der Waals surface area contributed by atoms with E-state index in [1.165, 1.54) is 0 Å². The second-order valence-corrected chi connectivity index (χ2v) is 4.61. The molecule has 0 saturated heterocycles. The lowest BCUT2D eigenvalue weighted by atomic mass is 10.0. The molecule has 20 heavy (non-hydrogen) atoms. The molecule has 2 aromatic rings. The lowest BCUT2D eigenvalue weighted by Crippen LogP contribution is -2.12. The van der Waals surface area contributed by atoms with E-state index in [-0.39, 0.29) is 18.4 Å². The van der Waals surface area contributed by atoms with E-state index < -0.39 is 0 Å². The molecule has 0 aromatic heterocycles. The molecule has 2 rings (SSSR count). The van der Waals surface area contributed by atoms with Crippen molar-refractivity contribution >= 4 is 0 Å². The van der Waals surface area contributed by atoms with Gasteiger partial charge in [-0.05, 0) is 18.1 Å². The first-order valence-electron chi connectivity index (χ1n) is 6.57. The van der Waals surface area contributed by atoms with Crippen molar-refractivity contribution in [1.82, 2.24) is 0 Å². The standard InChI is InChI=1S/C16H19NO3/c17-15(8-9-18)14-7-6-13(10-16(14)19)20-11-12-4-2-1-3-5-12/h1-7,10,15,18-19H,8-9,11,17H2/t15-/m0/s1. The van der Waals surface area contributed by atoms with Crippen molar-refractivity contribution in [3.8, 4) is 11.5 Å². The van der Waals surface area contributed by atoms with Gasteiger partial charge in [0.2, 0.25) is 0 Å². The Hall–Kier alpha value is -2.04. The Morgan fingerprint density at radius 3 is 2.50 bits per heavy atom. The molecule has 1 atom stereocenters. The number of aliphatic hydroxyl groups excluding tert-OH is 1. The molecular weight excluding hydrogens is 254 g/mol. The summed E-state index contributed by atoms with van der Waals surface area (Å²) in [6, 6.07) is 14.5. The van der Waals surface area contributed by atoms with E-state index in [1.807, 2.05) is 30.3 Å². The molecule has 0 amide bonds. The molecule has 4 nitrogen and oxygen atoms in total. The summed E-state index contributed by atoms with van der Waals surface area (Å²) in [5.41, 5.74) is 7.54. The van der Waals surface area contributed by atoms with Crippen molar-refractivity contribution in [2.75, 3.05) is 6.61 Å². The van der Waals surface area contributed by atoms with Crippen LogP contribution in [0.25, 0.3) is 0 Å². The Bertz CT molecular complexity index is 543. The van der Waals surface area contributed by atoms with E-state index >= 15 is 0 Å². The first-order chi connectivity index (χ1) is 9.70. The molecule has 0 radical (unpaired) electrons. The average molecular weight is 273 g/mol. The van der Waals surface area contributed by atoms with Crippen LogP contribution in [0.3, 0.4) is 0 Å². The first kappa shape index (κ1) is 14.4. The normalized spacial score (nSPS) is 12.1. The Balaban J connectivity index is 2.02. The Morgan fingerprint density at radius 2 is 1.85 bits per heavy atom. The zero-order chi connectivity index (χ0) is 14.4. The van der Waals surface area contributed by atoms with Gasteiger partial charge in [-0.2, -0.15) is 0 Å². The highest BCUT2D eigenvalue weighted by atomic mass is 16.5. The number of ether oxygens (including phenoxy) is 1. The van der Waals surface area contributed by atoms with Crippen molar-refractivity contribution < 1.29 is 14.9 Å². The summed E-state index contributed by atoms with van der Waals surface area (Å²) in [5.74, 6) is 0.683. The maximum absolute atomic E-state index is 9.94. The minimum atomic E-state index is -0.372. The Labute approximate surface area is 118 Å². The van der Waals surface area contributed by atoms with Gasteiger partial charge in [0.25, 0.3) is 0 Å². The zero-order valence-corrected chi connectivity index (χ0v) is 11.2. The molecule has 0 heterocycles. The number of aliphatic hydroxyl groups is 1. The van der Waals surface area contributed by atoms with E-state index in [4.69, 9.17) is 15.6 Å². The average Bonchev–Trinajstić information content (AvgIpc) is 2.46. The first-order valence-corrected chi connectivity index (χ1v) is 6.57. The molecular formula is C16H19NO3. The van der Waals surface area contributed by atoms with Crippen LogP contribution in [-0.4, -0.2) is 16.8 Å². The highest BCUT2D eigenvalue weighted by molar-refractivity contribution is 5.41. The molecule has 0 unspecified atom stereocenters. The van der Waals surface area contributed by atoms with E-state index in [9.17, 15) is 5.11 Å². The summed E-state index contributed by atoms with van der Waals surface area (Å²) in [4.78, 5) is 0. The van der Waals surface area contributed by atoms with Crippen LogP contribution in [0.2, 0.25) is 0 Å². The summed E-state index contributed by atoms with van der Waals surface area (Å²) in [7, 11) is 0. The van der Waals surface area contributed by atoms with Crippen LogP contribution in [0, 0.1) is 0 Å². The van der Waals surface area contributed by atoms with E-state index in [0.717, 1.165) is 5.56 Å². The highest BCUT2D eigenvalue weighted by Gasteiger charge is 2.11. The van der Waals surface area contributed by atoms with Crippen molar-refractivity contribution in [3.63, 3.8) is 0 Å². The maximum atomic E-state index is 9.94. The highest BCUT2D eigenvalue weighted by Crippen LogP contribution is 2.29. The molecule has 0 spiro atoms. The second kappa shape index (κ2) is 6.93. The molecule has 0 saturated carbocycles. The van der Waals surface area contributed by atoms with Gasteiger partial charge in [0.05, 0.1) is 0 Å². The van der Waals surface area contributed by atoms with Gasteiger partial charge < -0.3 is 20.7 Å². The fraction of sp³-hybridized carbons (Fsp3) is 0.250. The van der Waals surface area contributed by atoms with Gasteiger partial charge >= 0.3 is 0 Å². The van der Waals surface area contributed by atoms with Gasteiger partial charge in [-0.25, -0.2) is 0 Å². The van der Waals surface area contributed by atoms with Crippen molar-refractivity contribution in [2.45, 2.75) is 19.1 Å². The fourth-order valence-electron chi connectivity index (χ4n) is 1.96. The quantitative estimate of drug-likeness (QED) is 0.755. The summed E-state index contributed by atoms with van der Waals surface area (Å²) in [6.07, 6.45) is 0.414. The number of phenolic OH excluding ortho intramolecular Hbond substituents is 1. The molecule has 2 aromatic carbocycles. The van der Waals surface area contributed by atoms with Crippen LogP contribution in [0.5, 0.6) is 11.5 Å². The van der Waals surface area contributed by atoms with Crippen LogP contribution in [0.4, 0.5) is 0 Å². The molecule has 0 bridgehead atoms. The third-order valence-corrected chi connectivity index (χ3v) is 3.09. The number of nitrogens with two attached hydrogens (primary N) is 1. The zero-order valence-electron chi connectivity index (χ0n) is 11.2. The molecule has 106 valence electrons. The largest absolute Gasteiger partial charge is 0.507 e. The number of phenols is 1. The van der Waals surface area contributed by atoms with Gasteiger partial charge in [-0.3, -0.25) is 0 Å². The molecule has 4 heteroatoms. The predicted molar refractivity (Wildman–Crippen MR) is 77.5 cm³/mol. The predicted octanol–water partition coefficient (Wildman–Crippen LogP) is 2.35. The number of rotatable bonds is 6. The summed E-state index contributed by atoms with van der Waals surface area (Å²) in [6.45, 7) is 0.440. The smallest absolute Gasteiger partial charge is 0.124 e. The fourth-order valence-corrected chi connectivity index (χ4v) is 1.96. The monoisotopic (exact) mass is 273 g/mol. The maximum Gasteiger partial charge on any atom is 0.124 e. The van der Waals surface area contributed by atoms with E-state index in [1.54, 1.807) is 18.2 Å². The third kappa shape index (κ3) is 3.73. The summed E-state index contributed by atoms with van der Waals surface area (Å²) < 4.78 is 5.62. The second-order valence-electron chi connectivity index (χ2n) is 4.61. The van der Waals surface area contributed by atoms with Gasteiger partial charge in [0, 0.05) is 24.3 Å². The molecule has 4 N–H and O–H groups in total. The number of aromatic hydroxyl groups is 1. The van der Waals surface area contributed by atoms with Crippen LogP contribution in [-0.2, 0) is 6.61 Å². The van der Waals surface area contributed by atoms with Gasteiger partial charge in [0.1, 0.15) is 18.1 Å². The van der Waals surface area contributed by atoms with Crippen LogP contribution >= 0.6 is 0 Å². The number of benzene rings is 2. The molecule has 0 fully saturated rings. The summed E-state index contributed by atoms with van der Waals surface area (Å²) >= 11 is 0. The van der Waals surface area contributed by atoms with E-state index in [2.05, 4.69) is 0 Å². The summed E-state index contributed by atoms with van der Waals surface area (Å²) in [5, 5.41) is 18.8. The third-order valence-electron chi connectivity index (χ3n) is 3.09. The van der Waals surface area contributed by atoms with Crippen LogP contribution < -0.4 is 10.5 Å². The van der Waals surface area contributed by atoms with Gasteiger partial charge in [-0.15, -0.1) is 0 Å². The minimum Gasteiger partial charge on any atom is -0.507 e. The Morgan fingerprint density at radius 1 is 1.10 bits per heavy atom. The van der Waals surface area contributed by atoms with Crippen molar-refractivity contribution in [1.29, 1.82) is 0 Å². The molecule has 0 aliphatic heterocycles. The minimum absolute atomic E-state index is 0.00708. The van der Waals surface area contributed by atoms with Crippen LogP contribution in [0.1, 0.15) is 23.6 Å². The van der Waals surface area contributed by atoms with Gasteiger partial charge in [-0.1, -0.05) is 36.4 Å². The molecule has 0 aliphatic carbocycles. The van der Waals surface area contributed by atoms with E-state index in [0.29, 0.717) is 24.3 Å². The van der Waals surface area contributed by atoms with Crippen molar-refractivity contribution in [3.05, 3.63) is 59.7 Å². The van der Waals surface area contributed by atoms with Crippen LogP contribution in [0.15, 0.2) is 48.5 Å². The SMILES string of the molecule is N[C@@H](CCO)c1ccc(OCc2ccccc2)cc1O. The Kier molecular flexibility index (Phi) is 4.98. The molecule has 0 aliphatic rings. The van der Waals surface area contributed by atoms with Gasteiger partial charge in [0.15, 0.2) is 0 Å². The number of hydrogen-bond donors (Lipinski definition) is 3. The number of hydrogen-bond acceptors (Lipinski definition) is 4. The lowest BCUT2D eigenvalue weighted by molar-refractivity contribution is 0.275. The lowest BCUT2D eigenvalue weighted by Gasteiger charge is -2.14. The van der Waals surface area contributed by atoms with Crippen molar-refractivity contribution in [2.24, 2.45) is 5.73 Å². The topological polar surface area (TPSA) is 75.7 Å².